The first-order valence-corrected chi connectivity index (χ1v) is 19.4. The van der Waals surface area contributed by atoms with Crippen LogP contribution in [0.1, 0.15) is 73.6 Å². The van der Waals surface area contributed by atoms with Gasteiger partial charge in [-0.25, -0.2) is 4.89 Å². The minimum Gasteiger partial charge on any atom is -0.366 e. The maximum absolute atomic E-state index is 13.5. The van der Waals surface area contributed by atoms with Gasteiger partial charge in [-0.3, -0.25) is 10.1 Å². The molecule has 0 aromatic carbocycles. The van der Waals surface area contributed by atoms with Gasteiger partial charge >= 0.3 is 0 Å². The van der Waals surface area contributed by atoms with E-state index >= 15 is 0 Å². The van der Waals surface area contributed by atoms with Crippen LogP contribution in [0.4, 0.5) is 0 Å². The van der Waals surface area contributed by atoms with Gasteiger partial charge in [-0.15, -0.1) is 0 Å². The third kappa shape index (κ3) is 10.6. The van der Waals surface area contributed by atoms with Gasteiger partial charge in [-0.2, -0.15) is 0 Å². The molecule has 7 nitrogen and oxygen atoms in total. The van der Waals surface area contributed by atoms with Gasteiger partial charge in [0.25, 0.3) is 0 Å². The molecule has 1 heterocycles. The normalized spacial score (nSPS) is 25.5. The zero-order valence-corrected chi connectivity index (χ0v) is 27.9. The number of hydrogen-bond acceptors (Lipinski definition) is 7. The Morgan fingerprint density at radius 2 is 1.91 bits per heavy atom. The maximum atomic E-state index is 13.5. The van der Waals surface area contributed by atoms with Crippen molar-refractivity contribution in [2.45, 2.75) is 104 Å². The van der Waals surface area contributed by atoms with Crippen LogP contribution in [-0.4, -0.2) is 47.7 Å². The molecule has 0 radical (unpaired) electrons. The number of epoxide rings is 1. The second-order valence-corrected chi connectivity index (χ2v) is 17.3. The van der Waals surface area contributed by atoms with Crippen molar-refractivity contribution in [3.05, 3.63) is 0 Å². The van der Waals surface area contributed by atoms with Crippen LogP contribution in [0.3, 0.4) is 0 Å². The number of ether oxygens (including phenoxy) is 1. The van der Waals surface area contributed by atoms with Gasteiger partial charge in [0.15, 0.2) is 0 Å². The van der Waals surface area contributed by atoms with Crippen LogP contribution in [-0.2, 0) is 28.0 Å². The fourth-order valence-electron chi connectivity index (χ4n) is 4.74. The number of carbonyl (C=O) groups excluding carboxylic acids is 1. The maximum Gasteiger partial charge on any atom is 0.146 e. The van der Waals surface area contributed by atoms with Gasteiger partial charge in [0.1, 0.15) is 5.78 Å². The van der Waals surface area contributed by atoms with E-state index in [4.69, 9.17) is 23.6 Å². The van der Waals surface area contributed by atoms with Crippen LogP contribution < -0.4 is 0 Å². The van der Waals surface area contributed by atoms with E-state index in [1.807, 2.05) is 20.8 Å². The average Bonchev–Trinajstić information content (AvgIpc) is 3.38. The fourth-order valence-corrected chi connectivity index (χ4v) is 8.03. The first kappa shape index (κ1) is 34.0. The SMILES string of the molecule is CC(CC1OC1(C)CCCC(C)C(OPP)C(C)C(=O)C(C)(C)C(CCOO)OP)OP(P)P. The first-order chi connectivity index (χ1) is 15.8. The number of carbonyl (C=O) groups is 1. The van der Waals surface area contributed by atoms with E-state index in [0.717, 1.165) is 25.7 Å². The van der Waals surface area contributed by atoms with Crippen LogP contribution >= 0.6 is 52.3 Å². The van der Waals surface area contributed by atoms with Crippen molar-refractivity contribution in [3.8, 4) is 0 Å². The Bertz CT molecular complexity index is 614. The highest BCUT2D eigenvalue weighted by atomic mass is 32.4. The van der Waals surface area contributed by atoms with Gasteiger partial charge in [0, 0.05) is 36.7 Å². The summed E-state index contributed by atoms with van der Waals surface area (Å²) in [5.41, 5.74) is -0.831. The van der Waals surface area contributed by atoms with E-state index in [2.05, 4.69) is 61.9 Å². The molecule has 34 heavy (non-hydrogen) atoms. The Labute approximate surface area is 218 Å². The smallest absolute Gasteiger partial charge is 0.146 e. The molecule has 1 rings (SSSR count). The molecular weight excluding hydrogens is 550 g/mol. The lowest BCUT2D eigenvalue weighted by Crippen LogP contribution is -2.45. The molecule has 0 aromatic heterocycles. The van der Waals surface area contributed by atoms with Crippen molar-refractivity contribution in [2.75, 3.05) is 6.61 Å². The zero-order valence-electron chi connectivity index (χ0n) is 21.4. The highest BCUT2D eigenvalue weighted by molar-refractivity contribution is 8.41. The molecule has 0 aromatic rings. The summed E-state index contributed by atoms with van der Waals surface area (Å²) in [5.74, 6) is 0.0235. The monoisotopic (exact) mass is 596 g/mol. The second-order valence-electron chi connectivity index (χ2n) is 10.1. The van der Waals surface area contributed by atoms with Crippen molar-refractivity contribution in [1.29, 1.82) is 0 Å². The summed E-state index contributed by atoms with van der Waals surface area (Å²) >= 11 is 0. The largest absolute Gasteiger partial charge is 0.366 e. The molecule has 13 heteroatoms. The molecule has 1 aliphatic rings. The molecule has 0 spiro atoms. The van der Waals surface area contributed by atoms with Gasteiger partial charge in [-0.05, 0) is 32.6 Å². The topological polar surface area (TPSA) is 86.8 Å². The minimum absolute atomic E-state index is 0.0812. The second kappa shape index (κ2) is 16.2. The average molecular weight is 596 g/mol. The molecule has 0 bridgehead atoms. The van der Waals surface area contributed by atoms with Crippen LogP contribution in [0, 0.1) is 17.3 Å². The molecule has 12 atom stereocenters. The summed E-state index contributed by atoms with van der Waals surface area (Å²) in [7, 11) is 9.96. The van der Waals surface area contributed by atoms with Crippen molar-refractivity contribution in [3.63, 3.8) is 0 Å². The minimum atomic E-state index is -0.749. The number of Topliss-reactive ketones (excluding diaryl/α,β-unsaturated/α-hetero) is 1. The molecule has 0 aliphatic carbocycles. The van der Waals surface area contributed by atoms with Crippen molar-refractivity contribution in [2.24, 2.45) is 17.3 Å². The van der Waals surface area contributed by atoms with Crippen molar-refractivity contribution < 1.29 is 33.2 Å². The van der Waals surface area contributed by atoms with Crippen LogP contribution in [0.5, 0.6) is 0 Å². The zero-order chi connectivity index (χ0) is 26.1. The lowest BCUT2D eigenvalue weighted by Gasteiger charge is -2.37. The highest BCUT2D eigenvalue weighted by Gasteiger charge is 2.52. The van der Waals surface area contributed by atoms with Crippen molar-refractivity contribution in [1.82, 2.24) is 0 Å². The predicted octanol–water partition coefficient (Wildman–Crippen LogP) is 6.78. The highest BCUT2D eigenvalue weighted by Crippen LogP contribution is 2.55. The third-order valence-electron chi connectivity index (χ3n) is 6.96. The summed E-state index contributed by atoms with van der Waals surface area (Å²) in [6.07, 6.45) is 4.14. The Kier molecular flexibility index (Phi) is 16.2. The van der Waals surface area contributed by atoms with E-state index in [1.165, 1.54) is 0 Å². The Morgan fingerprint density at radius 1 is 1.26 bits per heavy atom. The lowest BCUT2D eigenvalue weighted by atomic mass is 9.73. The summed E-state index contributed by atoms with van der Waals surface area (Å²) in [4.78, 5) is 17.7. The van der Waals surface area contributed by atoms with Crippen LogP contribution in [0.15, 0.2) is 0 Å². The quantitative estimate of drug-likeness (QED) is 0.0762. The summed E-state index contributed by atoms with van der Waals surface area (Å²) in [5, 5.41) is 8.71. The van der Waals surface area contributed by atoms with Gasteiger partial charge in [0.05, 0.1) is 49.6 Å². The first-order valence-electron chi connectivity index (χ1n) is 11.8. The number of ketones is 1. The van der Waals surface area contributed by atoms with E-state index in [1.54, 1.807) is 0 Å². The summed E-state index contributed by atoms with van der Waals surface area (Å²) in [6, 6.07) is 0. The number of rotatable bonds is 19. The van der Waals surface area contributed by atoms with Crippen LogP contribution in [0.25, 0.3) is 0 Å². The van der Waals surface area contributed by atoms with E-state index in [-0.39, 0.29) is 56.6 Å². The van der Waals surface area contributed by atoms with Gasteiger partial charge in [0.2, 0.25) is 0 Å². The molecular formula is C21H46O7P6. The van der Waals surface area contributed by atoms with Crippen LogP contribution in [0.2, 0.25) is 0 Å². The van der Waals surface area contributed by atoms with E-state index in [9.17, 15) is 4.79 Å². The van der Waals surface area contributed by atoms with Crippen molar-refractivity contribution >= 4 is 58.1 Å². The fraction of sp³-hybridized carbons (Fsp3) is 0.952. The lowest BCUT2D eigenvalue weighted by molar-refractivity contribution is -0.246. The predicted molar refractivity (Wildman–Crippen MR) is 156 cm³/mol. The summed E-state index contributed by atoms with van der Waals surface area (Å²) in [6.45, 7) is 12.3. The molecule has 0 saturated carbocycles. The van der Waals surface area contributed by atoms with E-state index in [0.29, 0.717) is 6.42 Å². The summed E-state index contributed by atoms with van der Waals surface area (Å²) < 4.78 is 23.5. The Morgan fingerprint density at radius 3 is 2.44 bits per heavy atom. The number of hydrogen-bond donors (Lipinski definition) is 1. The standard InChI is InChI=1S/C21H46O7P6/c1-13(8-7-10-21(6)17(25-21)12-14(2)28-34(31)32)18(27-33-30)15(3)19(22)20(4,5)16(26-29)9-11-24-23/h13-18,23,33H,7-12,29-32H2,1-6H3. The van der Waals surface area contributed by atoms with E-state index < -0.39 is 19.0 Å². The molecule has 1 N–H and O–H groups in total. The molecule has 12 unspecified atom stereocenters. The molecule has 1 aliphatic heterocycles. The third-order valence-corrected chi connectivity index (χ3v) is 9.44. The molecule has 1 fully saturated rings. The molecule has 202 valence electrons. The van der Waals surface area contributed by atoms with Gasteiger partial charge in [-0.1, -0.05) is 60.9 Å². The van der Waals surface area contributed by atoms with Gasteiger partial charge < -0.3 is 18.3 Å². The molecule has 0 amide bonds. The Balaban J connectivity index is 2.66. The Hall–Kier alpha value is 2.01. The molecule has 1 saturated heterocycles.